The Kier molecular flexibility index (Phi) is 3.69. The third kappa shape index (κ3) is 3.76. The van der Waals surface area contributed by atoms with Crippen molar-refractivity contribution in [3.63, 3.8) is 0 Å². The molecular formula is C9H11N3O4S. The minimum Gasteiger partial charge on any atom is -0.399 e. The molecule has 3 amide bonds. The molecule has 0 atom stereocenters. The smallest absolute Gasteiger partial charge is 0.318 e. The van der Waals surface area contributed by atoms with Crippen LogP contribution in [0.5, 0.6) is 0 Å². The highest BCUT2D eigenvalue weighted by Gasteiger charge is 2.19. The van der Waals surface area contributed by atoms with E-state index >= 15 is 0 Å². The normalized spacial score (nSPS) is 10.8. The number of carbonyl (C=O) groups excluding carboxylic acids is 2. The standard InChI is InChI=1S/C9H11N3O4S/c10-6-1-3-7(4-2-6)17(15,16)5-8(13)12-9(11)14/h1-4H,5,10H2,(H3,11,12,13,14). The largest absolute Gasteiger partial charge is 0.399 e. The first-order valence-corrected chi connectivity index (χ1v) is 6.14. The summed E-state index contributed by atoms with van der Waals surface area (Å²) in [7, 11) is -3.80. The van der Waals surface area contributed by atoms with Gasteiger partial charge >= 0.3 is 6.03 Å². The lowest BCUT2D eigenvalue weighted by atomic mass is 10.3. The molecule has 0 saturated heterocycles. The number of hydrogen-bond acceptors (Lipinski definition) is 5. The van der Waals surface area contributed by atoms with Crippen LogP contribution in [0.1, 0.15) is 0 Å². The van der Waals surface area contributed by atoms with E-state index in [1.165, 1.54) is 24.3 Å². The van der Waals surface area contributed by atoms with Crippen molar-refractivity contribution in [1.29, 1.82) is 0 Å². The number of nitrogens with one attached hydrogen (secondary N) is 1. The van der Waals surface area contributed by atoms with Gasteiger partial charge in [-0.25, -0.2) is 13.2 Å². The topological polar surface area (TPSA) is 132 Å². The Hall–Kier alpha value is -2.09. The van der Waals surface area contributed by atoms with Crippen LogP contribution in [0.4, 0.5) is 10.5 Å². The molecule has 7 nitrogen and oxygen atoms in total. The minimum absolute atomic E-state index is 0.0497. The summed E-state index contributed by atoms with van der Waals surface area (Å²) < 4.78 is 23.4. The molecule has 0 spiro atoms. The predicted molar refractivity (Wildman–Crippen MR) is 60.6 cm³/mol. The van der Waals surface area contributed by atoms with E-state index in [0.717, 1.165) is 0 Å². The second kappa shape index (κ2) is 4.83. The lowest BCUT2D eigenvalue weighted by Gasteiger charge is -2.04. The van der Waals surface area contributed by atoms with Crippen molar-refractivity contribution >= 4 is 27.5 Å². The van der Waals surface area contributed by atoms with Crippen molar-refractivity contribution in [3.05, 3.63) is 24.3 Å². The molecule has 1 aromatic carbocycles. The molecule has 17 heavy (non-hydrogen) atoms. The predicted octanol–water partition coefficient (Wildman–Crippen LogP) is -0.763. The highest BCUT2D eigenvalue weighted by molar-refractivity contribution is 7.92. The Morgan fingerprint density at radius 2 is 1.71 bits per heavy atom. The summed E-state index contributed by atoms with van der Waals surface area (Å²) >= 11 is 0. The molecule has 0 heterocycles. The Morgan fingerprint density at radius 3 is 2.18 bits per heavy atom. The van der Waals surface area contributed by atoms with Crippen molar-refractivity contribution in [2.45, 2.75) is 4.90 Å². The first kappa shape index (κ1) is 13.0. The van der Waals surface area contributed by atoms with Crippen LogP contribution >= 0.6 is 0 Å². The molecule has 0 saturated carbocycles. The Balaban J connectivity index is 2.86. The Labute approximate surface area is 97.7 Å². The molecule has 1 rings (SSSR count). The second-order valence-corrected chi connectivity index (χ2v) is 5.23. The molecule has 0 aliphatic rings. The minimum atomic E-state index is -3.80. The number of primary amides is 1. The highest BCUT2D eigenvalue weighted by atomic mass is 32.2. The fraction of sp³-hybridized carbons (Fsp3) is 0.111. The number of amides is 3. The van der Waals surface area contributed by atoms with Crippen LogP contribution in [-0.2, 0) is 14.6 Å². The fourth-order valence-electron chi connectivity index (χ4n) is 1.10. The van der Waals surface area contributed by atoms with E-state index in [4.69, 9.17) is 5.73 Å². The molecule has 0 aliphatic carbocycles. The lowest BCUT2D eigenvalue weighted by Crippen LogP contribution is -2.38. The van der Waals surface area contributed by atoms with Gasteiger partial charge in [0.05, 0.1) is 4.90 Å². The van der Waals surface area contributed by atoms with Crippen molar-refractivity contribution in [2.24, 2.45) is 5.73 Å². The first-order chi connectivity index (χ1) is 7.81. The van der Waals surface area contributed by atoms with E-state index < -0.39 is 27.5 Å². The highest BCUT2D eigenvalue weighted by Crippen LogP contribution is 2.13. The first-order valence-electron chi connectivity index (χ1n) is 4.49. The summed E-state index contributed by atoms with van der Waals surface area (Å²) in [6.45, 7) is 0. The van der Waals surface area contributed by atoms with E-state index in [-0.39, 0.29) is 4.90 Å². The number of sulfone groups is 1. The SMILES string of the molecule is NC(=O)NC(=O)CS(=O)(=O)c1ccc(N)cc1. The van der Waals surface area contributed by atoms with E-state index in [9.17, 15) is 18.0 Å². The third-order valence-corrected chi connectivity index (χ3v) is 3.46. The Morgan fingerprint density at radius 1 is 1.18 bits per heavy atom. The van der Waals surface area contributed by atoms with E-state index in [0.29, 0.717) is 5.69 Å². The zero-order chi connectivity index (χ0) is 13.1. The summed E-state index contributed by atoms with van der Waals surface area (Å²) in [4.78, 5) is 21.4. The number of urea groups is 1. The molecule has 0 aliphatic heterocycles. The Bertz CT molecular complexity index is 536. The van der Waals surface area contributed by atoms with Gasteiger partial charge in [-0.3, -0.25) is 10.1 Å². The van der Waals surface area contributed by atoms with Crippen molar-refractivity contribution < 1.29 is 18.0 Å². The lowest BCUT2D eigenvalue weighted by molar-refractivity contribution is -0.117. The molecule has 1 aromatic rings. The van der Waals surface area contributed by atoms with Crippen molar-refractivity contribution in [3.8, 4) is 0 Å². The zero-order valence-electron chi connectivity index (χ0n) is 8.71. The van der Waals surface area contributed by atoms with E-state index in [1.807, 2.05) is 0 Å². The second-order valence-electron chi connectivity index (χ2n) is 3.24. The number of hydrogen-bond donors (Lipinski definition) is 3. The van der Waals surface area contributed by atoms with Gasteiger partial charge in [-0.1, -0.05) is 0 Å². The van der Waals surface area contributed by atoms with Crippen molar-refractivity contribution in [2.75, 3.05) is 11.5 Å². The maximum atomic E-state index is 11.7. The van der Waals surface area contributed by atoms with E-state index in [1.54, 1.807) is 5.32 Å². The van der Waals surface area contributed by atoms with Crippen LogP contribution in [0.15, 0.2) is 29.2 Å². The molecule has 8 heteroatoms. The summed E-state index contributed by atoms with van der Waals surface area (Å²) in [6.07, 6.45) is 0. The molecule has 0 radical (unpaired) electrons. The monoisotopic (exact) mass is 257 g/mol. The van der Waals surface area contributed by atoms with Crippen LogP contribution < -0.4 is 16.8 Å². The van der Waals surface area contributed by atoms with Gasteiger partial charge in [0.1, 0.15) is 5.75 Å². The summed E-state index contributed by atoms with van der Waals surface area (Å²) in [5, 5.41) is 1.68. The van der Waals surface area contributed by atoms with Gasteiger partial charge < -0.3 is 11.5 Å². The van der Waals surface area contributed by atoms with Crippen molar-refractivity contribution in [1.82, 2.24) is 5.32 Å². The zero-order valence-corrected chi connectivity index (χ0v) is 9.53. The van der Waals surface area contributed by atoms with Crippen LogP contribution in [-0.4, -0.2) is 26.1 Å². The molecule has 0 aromatic heterocycles. The van der Waals surface area contributed by atoms with Crippen LogP contribution in [0, 0.1) is 0 Å². The van der Waals surface area contributed by atoms with Gasteiger partial charge in [0, 0.05) is 5.69 Å². The van der Waals surface area contributed by atoms with Crippen LogP contribution in [0.25, 0.3) is 0 Å². The molecule has 0 unspecified atom stereocenters. The number of rotatable bonds is 3. The van der Waals surface area contributed by atoms with Crippen LogP contribution in [0.2, 0.25) is 0 Å². The van der Waals surface area contributed by atoms with Gasteiger partial charge in [-0.15, -0.1) is 0 Å². The molecular weight excluding hydrogens is 246 g/mol. The van der Waals surface area contributed by atoms with Gasteiger partial charge in [0.25, 0.3) is 0 Å². The summed E-state index contributed by atoms with van der Waals surface area (Å²) in [6, 6.07) is 4.27. The van der Waals surface area contributed by atoms with Gasteiger partial charge in [0.15, 0.2) is 9.84 Å². The number of anilines is 1. The number of imide groups is 1. The maximum Gasteiger partial charge on any atom is 0.318 e. The van der Waals surface area contributed by atoms with Crippen LogP contribution in [0.3, 0.4) is 0 Å². The van der Waals surface area contributed by atoms with Gasteiger partial charge in [-0.05, 0) is 24.3 Å². The number of carbonyl (C=O) groups is 2. The molecule has 5 N–H and O–H groups in total. The van der Waals surface area contributed by atoms with Gasteiger partial charge in [-0.2, -0.15) is 0 Å². The van der Waals surface area contributed by atoms with Gasteiger partial charge in [0.2, 0.25) is 5.91 Å². The molecule has 0 bridgehead atoms. The summed E-state index contributed by atoms with van der Waals surface area (Å²) in [5.41, 5.74) is 10.5. The summed E-state index contributed by atoms with van der Waals surface area (Å²) in [5.74, 6) is -1.82. The molecule has 0 fully saturated rings. The number of nitrogen functional groups attached to an aromatic ring is 1. The third-order valence-electron chi connectivity index (χ3n) is 1.82. The number of nitrogens with two attached hydrogens (primary N) is 2. The average molecular weight is 257 g/mol. The molecule has 92 valence electrons. The maximum absolute atomic E-state index is 11.7. The fourth-order valence-corrected chi connectivity index (χ4v) is 2.24. The number of benzene rings is 1. The van der Waals surface area contributed by atoms with E-state index in [2.05, 4.69) is 5.73 Å². The average Bonchev–Trinajstić information content (AvgIpc) is 2.15. The quantitative estimate of drug-likeness (QED) is 0.612.